The van der Waals surface area contributed by atoms with E-state index in [-0.39, 0.29) is 0 Å². The Morgan fingerprint density at radius 2 is 1.91 bits per heavy atom. The Morgan fingerprint density at radius 3 is 2.64 bits per heavy atom. The van der Waals surface area contributed by atoms with E-state index >= 15 is 0 Å². The van der Waals surface area contributed by atoms with Crippen LogP contribution in [0.3, 0.4) is 0 Å². The van der Waals surface area contributed by atoms with Crippen LogP contribution in [0.5, 0.6) is 0 Å². The monoisotopic (exact) mass is 310 g/mol. The number of thiazole rings is 1. The lowest BCUT2D eigenvalue weighted by atomic mass is 10.1. The molecule has 0 spiro atoms. The van der Waals surface area contributed by atoms with Gasteiger partial charge in [-0.25, -0.2) is 15.0 Å². The second-order valence-electron chi connectivity index (χ2n) is 5.21. The molecular formula is C17H18N4S. The molecule has 0 aliphatic carbocycles. The molecule has 0 unspecified atom stereocenters. The molecule has 0 bridgehead atoms. The van der Waals surface area contributed by atoms with Crippen molar-refractivity contribution in [2.75, 3.05) is 11.9 Å². The summed E-state index contributed by atoms with van der Waals surface area (Å²) in [7, 11) is 2.03. The van der Waals surface area contributed by atoms with Crippen LogP contribution < -0.4 is 4.90 Å². The molecule has 2 aromatic heterocycles. The molecule has 0 saturated carbocycles. The van der Waals surface area contributed by atoms with Gasteiger partial charge in [0, 0.05) is 25.0 Å². The van der Waals surface area contributed by atoms with E-state index in [1.165, 1.54) is 5.56 Å². The van der Waals surface area contributed by atoms with Crippen molar-refractivity contribution in [3.8, 4) is 0 Å². The average molecular weight is 310 g/mol. The molecule has 0 atom stereocenters. The summed E-state index contributed by atoms with van der Waals surface area (Å²) in [6.07, 6.45) is 2.57. The Kier molecular flexibility index (Phi) is 4.44. The quantitative estimate of drug-likeness (QED) is 0.723. The van der Waals surface area contributed by atoms with Gasteiger partial charge in [0.05, 0.1) is 17.2 Å². The molecule has 1 aromatic carbocycles. The van der Waals surface area contributed by atoms with Crippen LogP contribution in [0.4, 0.5) is 5.82 Å². The van der Waals surface area contributed by atoms with Crippen molar-refractivity contribution in [3.05, 3.63) is 70.1 Å². The number of aryl methyl sites for hydroxylation is 1. The first-order valence-corrected chi connectivity index (χ1v) is 8.06. The molecule has 0 saturated heterocycles. The van der Waals surface area contributed by atoms with E-state index in [0.717, 1.165) is 35.3 Å². The third-order valence-corrected chi connectivity index (χ3v) is 4.17. The molecule has 22 heavy (non-hydrogen) atoms. The van der Waals surface area contributed by atoms with E-state index in [1.807, 2.05) is 44.4 Å². The molecule has 4 nitrogen and oxygen atoms in total. The molecule has 0 radical (unpaired) electrons. The fourth-order valence-corrected chi connectivity index (χ4v) is 2.87. The van der Waals surface area contributed by atoms with Crippen molar-refractivity contribution >= 4 is 17.2 Å². The topological polar surface area (TPSA) is 41.9 Å². The highest BCUT2D eigenvalue weighted by molar-refractivity contribution is 7.09. The maximum atomic E-state index is 4.66. The Labute approximate surface area is 134 Å². The number of rotatable bonds is 5. The van der Waals surface area contributed by atoms with Gasteiger partial charge in [0.1, 0.15) is 11.6 Å². The summed E-state index contributed by atoms with van der Waals surface area (Å²) in [6, 6.07) is 12.2. The number of hydrogen-bond acceptors (Lipinski definition) is 5. The van der Waals surface area contributed by atoms with Crippen molar-refractivity contribution in [3.63, 3.8) is 0 Å². The molecule has 0 aliphatic rings. The van der Waals surface area contributed by atoms with Gasteiger partial charge in [-0.3, -0.25) is 0 Å². The molecule has 0 aliphatic heterocycles. The first-order chi connectivity index (χ1) is 10.7. The van der Waals surface area contributed by atoms with E-state index in [4.69, 9.17) is 0 Å². The maximum absolute atomic E-state index is 4.66. The zero-order chi connectivity index (χ0) is 15.4. The Balaban J connectivity index is 1.73. The van der Waals surface area contributed by atoms with Crippen molar-refractivity contribution < 1.29 is 0 Å². The Hall–Kier alpha value is -2.27. The summed E-state index contributed by atoms with van der Waals surface area (Å²) in [5, 5.41) is 3.19. The molecular weight excluding hydrogens is 292 g/mol. The smallest absolute Gasteiger partial charge is 0.135 e. The van der Waals surface area contributed by atoms with Crippen LogP contribution in [-0.4, -0.2) is 22.0 Å². The second kappa shape index (κ2) is 6.66. The molecule has 2 heterocycles. The first-order valence-electron chi connectivity index (χ1n) is 7.19. The zero-order valence-corrected chi connectivity index (χ0v) is 13.5. The number of nitrogens with zero attached hydrogens (tertiary/aromatic N) is 4. The van der Waals surface area contributed by atoms with Gasteiger partial charge in [-0.2, -0.15) is 0 Å². The van der Waals surface area contributed by atoms with Crippen LogP contribution in [0.25, 0.3) is 0 Å². The molecule has 5 heteroatoms. The fraction of sp³-hybridized carbons (Fsp3) is 0.235. The predicted molar refractivity (Wildman–Crippen MR) is 90.2 cm³/mol. The number of anilines is 1. The second-order valence-corrected chi connectivity index (χ2v) is 6.27. The molecule has 0 N–H and O–H groups in total. The van der Waals surface area contributed by atoms with Crippen LogP contribution in [0.2, 0.25) is 0 Å². The number of hydrogen-bond donors (Lipinski definition) is 0. The van der Waals surface area contributed by atoms with Gasteiger partial charge in [0.15, 0.2) is 0 Å². The highest BCUT2D eigenvalue weighted by Crippen LogP contribution is 2.15. The van der Waals surface area contributed by atoms with E-state index < -0.39 is 0 Å². The van der Waals surface area contributed by atoms with E-state index in [9.17, 15) is 0 Å². The Bertz CT molecular complexity index is 739. The average Bonchev–Trinajstić information content (AvgIpc) is 2.93. The van der Waals surface area contributed by atoms with Gasteiger partial charge < -0.3 is 4.90 Å². The third kappa shape index (κ3) is 3.68. The van der Waals surface area contributed by atoms with Crippen LogP contribution in [-0.2, 0) is 13.0 Å². The largest absolute Gasteiger partial charge is 0.354 e. The maximum Gasteiger partial charge on any atom is 0.135 e. The highest BCUT2D eigenvalue weighted by Gasteiger charge is 2.08. The van der Waals surface area contributed by atoms with Crippen molar-refractivity contribution in [1.29, 1.82) is 0 Å². The van der Waals surface area contributed by atoms with Crippen molar-refractivity contribution in [1.82, 2.24) is 15.0 Å². The zero-order valence-electron chi connectivity index (χ0n) is 12.7. The molecule has 112 valence electrons. The van der Waals surface area contributed by atoms with Gasteiger partial charge in [-0.15, -0.1) is 11.3 Å². The predicted octanol–water partition coefficient (Wildman–Crippen LogP) is 3.47. The lowest BCUT2D eigenvalue weighted by molar-refractivity contribution is 0.847. The van der Waals surface area contributed by atoms with Crippen LogP contribution in [0.15, 0.2) is 48.0 Å². The minimum atomic E-state index is 0.748. The summed E-state index contributed by atoms with van der Waals surface area (Å²) < 4.78 is 0. The molecule has 0 amide bonds. The van der Waals surface area contributed by atoms with Gasteiger partial charge in [-0.1, -0.05) is 30.3 Å². The van der Waals surface area contributed by atoms with Gasteiger partial charge in [-0.05, 0) is 18.6 Å². The summed E-state index contributed by atoms with van der Waals surface area (Å²) in [6.45, 7) is 2.78. The molecule has 3 rings (SSSR count). The van der Waals surface area contributed by atoms with Crippen molar-refractivity contribution in [2.45, 2.75) is 19.9 Å². The summed E-state index contributed by atoms with van der Waals surface area (Å²) in [5.41, 5.74) is 2.30. The lowest BCUT2D eigenvalue weighted by Crippen LogP contribution is -2.18. The van der Waals surface area contributed by atoms with Gasteiger partial charge in [0.2, 0.25) is 0 Å². The third-order valence-electron chi connectivity index (χ3n) is 3.35. The molecule has 3 aromatic rings. The normalized spacial score (nSPS) is 10.6. The summed E-state index contributed by atoms with van der Waals surface area (Å²) >= 11 is 1.68. The van der Waals surface area contributed by atoms with Crippen LogP contribution in [0.1, 0.15) is 22.1 Å². The minimum Gasteiger partial charge on any atom is -0.354 e. The minimum absolute atomic E-state index is 0.748. The van der Waals surface area contributed by atoms with Crippen LogP contribution in [0, 0.1) is 6.92 Å². The van der Waals surface area contributed by atoms with E-state index in [1.54, 1.807) is 11.3 Å². The first kappa shape index (κ1) is 14.7. The fourth-order valence-electron chi connectivity index (χ4n) is 2.27. The Morgan fingerprint density at radius 1 is 1.09 bits per heavy atom. The van der Waals surface area contributed by atoms with Gasteiger partial charge >= 0.3 is 0 Å². The van der Waals surface area contributed by atoms with Crippen LogP contribution >= 0.6 is 11.3 Å². The van der Waals surface area contributed by atoms with Crippen molar-refractivity contribution in [2.24, 2.45) is 0 Å². The number of benzene rings is 1. The lowest BCUT2D eigenvalue weighted by Gasteiger charge is -2.17. The highest BCUT2D eigenvalue weighted by atomic mass is 32.1. The summed E-state index contributed by atoms with van der Waals surface area (Å²) in [4.78, 5) is 15.6. The summed E-state index contributed by atoms with van der Waals surface area (Å²) in [5.74, 6) is 1.76. The standard InChI is InChI=1S/C17H18N4S/c1-13-19-15(12-22-13)11-21(2)17-8-9-18-16(20-17)10-14-6-4-3-5-7-14/h3-9,12H,10-11H2,1-2H3. The number of aromatic nitrogens is 3. The van der Waals surface area contributed by atoms with E-state index in [2.05, 4.69) is 37.4 Å². The van der Waals surface area contributed by atoms with E-state index in [0.29, 0.717) is 0 Å². The molecule has 0 fully saturated rings. The SMILES string of the molecule is Cc1nc(CN(C)c2ccnc(Cc3ccccc3)n2)cs1. The van der Waals surface area contributed by atoms with Gasteiger partial charge in [0.25, 0.3) is 0 Å².